The number of hydrogen-bond donors (Lipinski definition) is 3. The smallest absolute Gasteiger partial charge is 0.272 e. The molecule has 5 aromatic rings. The number of aromatic nitrogens is 5. The van der Waals surface area contributed by atoms with Crippen LogP contribution in [0.1, 0.15) is 32.9 Å². The number of anilines is 1. The highest BCUT2D eigenvalue weighted by atomic mass is 35.5. The van der Waals surface area contributed by atoms with Crippen molar-refractivity contribution in [3.05, 3.63) is 92.2 Å². The first kappa shape index (κ1) is 22.5. The van der Waals surface area contributed by atoms with Crippen LogP contribution in [-0.2, 0) is 13.1 Å². The monoisotopic (exact) mass is 487 g/mol. The lowest BCUT2D eigenvalue weighted by Crippen LogP contribution is -2.26. The van der Waals surface area contributed by atoms with Gasteiger partial charge in [-0.05, 0) is 60.9 Å². The number of hydrogen-bond acceptors (Lipinski definition) is 6. The summed E-state index contributed by atoms with van der Waals surface area (Å²) in [5.41, 5.74) is 10.3. The van der Waals surface area contributed by atoms with Gasteiger partial charge in [-0.2, -0.15) is 5.10 Å². The predicted octanol–water partition coefficient (Wildman–Crippen LogP) is 3.50. The van der Waals surface area contributed by atoms with Gasteiger partial charge < -0.3 is 16.0 Å². The molecule has 5 rings (SSSR count). The van der Waals surface area contributed by atoms with E-state index in [9.17, 15) is 9.59 Å². The number of fused-ring (bicyclic) bond motifs is 2. The van der Waals surface area contributed by atoms with Crippen molar-refractivity contribution in [2.75, 3.05) is 5.73 Å². The molecular formula is C25H22ClN7O2. The van der Waals surface area contributed by atoms with Crippen molar-refractivity contribution in [3.63, 3.8) is 0 Å². The molecule has 0 radical (unpaired) electrons. The second-order valence-electron chi connectivity index (χ2n) is 8.36. The highest BCUT2D eigenvalue weighted by Crippen LogP contribution is 2.21. The quantitative estimate of drug-likeness (QED) is 0.347. The second kappa shape index (κ2) is 8.84. The van der Waals surface area contributed by atoms with Gasteiger partial charge in [0, 0.05) is 30.0 Å². The fourth-order valence-corrected chi connectivity index (χ4v) is 4.42. The van der Waals surface area contributed by atoms with E-state index >= 15 is 0 Å². The van der Waals surface area contributed by atoms with Crippen molar-refractivity contribution in [3.8, 4) is 0 Å². The molecule has 9 nitrogen and oxygen atoms in total. The number of nitrogens with zero attached hydrogens (tertiary/aromatic N) is 4. The Bertz CT molecular complexity index is 1650. The molecule has 0 saturated heterocycles. The Morgan fingerprint density at radius 2 is 2.03 bits per heavy atom. The van der Waals surface area contributed by atoms with E-state index in [4.69, 9.17) is 17.3 Å². The number of carbonyl (C=O) groups is 1. The molecule has 1 aromatic carbocycles. The molecule has 0 fully saturated rings. The third kappa shape index (κ3) is 4.33. The molecule has 0 saturated carbocycles. The van der Waals surface area contributed by atoms with E-state index in [0.29, 0.717) is 22.9 Å². The Labute approximate surface area is 205 Å². The van der Waals surface area contributed by atoms with Crippen LogP contribution in [-0.4, -0.2) is 30.6 Å². The molecule has 0 atom stereocenters. The van der Waals surface area contributed by atoms with Crippen molar-refractivity contribution in [2.24, 2.45) is 0 Å². The van der Waals surface area contributed by atoms with Crippen LogP contribution in [0.5, 0.6) is 0 Å². The molecule has 10 heteroatoms. The number of aryl methyl sites for hydroxylation is 2. The normalized spacial score (nSPS) is 11.3. The number of nitrogens with one attached hydrogen (secondary N) is 2. The van der Waals surface area contributed by atoms with Crippen LogP contribution in [0.2, 0.25) is 5.02 Å². The summed E-state index contributed by atoms with van der Waals surface area (Å²) >= 11 is 6.09. The topological polar surface area (TPSA) is 132 Å². The fraction of sp³-hybridized carbons (Fsp3) is 0.160. The number of benzene rings is 1. The minimum absolute atomic E-state index is 0.0612. The van der Waals surface area contributed by atoms with E-state index in [1.165, 1.54) is 0 Å². The van der Waals surface area contributed by atoms with Crippen molar-refractivity contribution in [1.29, 1.82) is 0 Å². The maximum absolute atomic E-state index is 13.1. The SMILES string of the molecule is Cc1cc(N)nc(C)c1CNC(=O)c1nn(Cc2ccc3ncc(Cl)cc3c2)c2cc[nH]c(=O)c12. The Kier molecular flexibility index (Phi) is 5.70. The summed E-state index contributed by atoms with van der Waals surface area (Å²) < 4.78 is 1.65. The van der Waals surface area contributed by atoms with Crippen LogP contribution in [0, 0.1) is 13.8 Å². The standard InChI is InChI=1S/C25H22ClN7O2/c1-13-7-21(27)31-14(2)18(13)11-30-25(35)23-22-20(5-6-28-24(22)34)33(32-23)12-15-3-4-19-16(8-15)9-17(26)10-29-19/h3-10H,11-12H2,1-2H3,(H2,27,31)(H,28,34)(H,30,35). The van der Waals surface area contributed by atoms with Crippen molar-refractivity contribution < 1.29 is 4.79 Å². The number of halogens is 1. The van der Waals surface area contributed by atoms with Crippen LogP contribution in [0.25, 0.3) is 21.8 Å². The molecule has 0 spiro atoms. The Balaban J connectivity index is 1.48. The predicted molar refractivity (Wildman–Crippen MR) is 136 cm³/mol. The lowest BCUT2D eigenvalue weighted by molar-refractivity contribution is 0.0946. The lowest BCUT2D eigenvalue weighted by atomic mass is 10.1. The molecule has 4 heterocycles. The lowest BCUT2D eigenvalue weighted by Gasteiger charge is -2.11. The molecule has 0 aliphatic rings. The van der Waals surface area contributed by atoms with Gasteiger partial charge in [-0.25, -0.2) is 4.98 Å². The number of H-pyrrole nitrogens is 1. The number of rotatable bonds is 5. The minimum Gasteiger partial charge on any atom is -0.384 e. The third-order valence-electron chi connectivity index (χ3n) is 5.93. The van der Waals surface area contributed by atoms with Gasteiger partial charge in [0.25, 0.3) is 11.5 Å². The summed E-state index contributed by atoms with van der Waals surface area (Å²) in [6, 6.07) is 11.1. The van der Waals surface area contributed by atoms with Crippen LogP contribution in [0.4, 0.5) is 5.82 Å². The van der Waals surface area contributed by atoms with Crippen molar-refractivity contribution in [2.45, 2.75) is 26.9 Å². The molecule has 0 aliphatic heterocycles. The number of carbonyl (C=O) groups excluding carboxylic acids is 1. The molecule has 0 aliphatic carbocycles. The summed E-state index contributed by atoms with van der Waals surface area (Å²) in [6.45, 7) is 4.34. The second-order valence-corrected chi connectivity index (χ2v) is 8.80. The van der Waals surface area contributed by atoms with E-state index in [2.05, 4.69) is 25.4 Å². The minimum atomic E-state index is -0.449. The molecule has 4 aromatic heterocycles. The van der Waals surface area contributed by atoms with Gasteiger partial charge in [-0.3, -0.25) is 19.3 Å². The van der Waals surface area contributed by atoms with Crippen LogP contribution >= 0.6 is 11.6 Å². The fourth-order valence-electron chi connectivity index (χ4n) is 4.25. The Hall–Kier alpha value is -4.24. The number of amides is 1. The number of nitrogen functional groups attached to an aromatic ring is 1. The maximum Gasteiger partial charge on any atom is 0.272 e. The van der Waals surface area contributed by atoms with E-state index in [1.807, 2.05) is 38.1 Å². The summed E-state index contributed by atoms with van der Waals surface area (Å²) in [6.07, 6.45) is 3.15. The van der Waals surface area contributed by atoms with Gasteiger partial charge in [0.15, 0.2) is 5.69 Å². The van der Waals surface area contributed by atoms with Crippen molar-refractivity contribution >= 4 is 45.1 Å². The van der Waals surface area contributed by atoms with E-state index in [1.54, 1.807) is 29.2 Å². The molecule has 35 heavy (non-hydrogen) atoms. The summed E-state index contributed by atoms with van der Waals surface area (Å²) in [5.74, 6) is -0.0198. The van der Waals surface area contributed by atoms with Crippen LogP contribution in [0.15, 0.2) is 53.6 Å². The number of nitrogens with two attached hydrogens (primary N) is 1. The molecule has 4 N–H and O–H groups in total. The van der Waals surface area contributed by atoms with Crippen LogP contribution in [0.3, 0.4) is 0 Å². The van der Waals surface area contributed by atoms with Crippen molar-refractivity contribution in [1.82, 2.24) is 30.0 Å². The molecular weight excluding hydrogens is 466 g/mol. The van der Waals surface area contributed by atoms with Gasteiger partial charge in [-0.15, -0.1) is 0 Å². The Morgan fingerprint density at radius 3 is 2.83 bits per heavy atom. The first-order chi connectivity index (χ1) is 16.8. The number of pyridine rings is 3. The van der Waals surface area contributed by atoms with Gasteiger partial charge >= 0.3 is 0 Å². The zero-order valence-corrected chi connectivity index (χ0v) is 19.8. The highest BCUT2D eigenvalue weighted by molar-refractivity contribution is 6.31. The zero-order valence-electron chi connectivity index (χ0n) is 19.1. The average molecular weight is 488 g/mol. The zero-order chi connectivity index (χ0) is 24.7. The third-order valence-corrected chi connectivity index (χ3v) is 6.14. The van der Waals surface area contributed by atoms with Gasteiger partial charge in [0.05, 0.1) is 28.0 Å². The van der Waals surface area contributed by atoms with Gasteiger partial charge in [0.2, 0.25) is 0 Å². The maximum atomic E-state index is 13.1. The highest BCUT2D eigenvalue weighted by Gasteiger charge is 2.20. The Morgan fingerprint density at radius 1 is 1.20 bits per heavy atom. The first-order valence-electron chi connectivity index (χ1n) is 10.9. The van der Waals surface area contributed by atoms with Gasteiger partial charge in [0.1, 0.15) is 5.82 Å². The van der Waals surface area contributed by atoms with E-state index in [-0.39, 0.29) is 23.2 Å². The summed E-state index contributed by atoms with van der Waals surface area (Å²) in [5, 5.41) is 9.07. The molecule has 0 bridgehead atoms. The molecule has 0 unspecified atom stereocenters. The van der Waals surface area contributed by atoms with Crippen LogP contribution < -0.4 is 16.6 Å². The summed E-state index contributed by atoms with van der Waals surface area (Å²) in [7, 11) is 0. The van der Waals surface area contributed by atoms with Gasteiger partial charge in [-0.1, -0.05) is 17.7 Å². The van der Waals surface area contributed by atoms with E-state index in [0.717, 1.165) is 33.3 Å². The first-order valence-corrected chi connectivity index (χ1v) is 11.3. The molecule has 1 amide bonds. The average Bonchev–Trinajstić information content (AvgIpc) is 3.17. The summed E-state index contributed by atoms with van der Waals surface area (Å²) in [4.78, 5) is 37.0. The van der Waals surface area contributed by atoms with E-state index < -0.39 is 5.91 Å². The largest absolute Gasteiger partial charge is 0.384 e. The molecule has 176 valence electrons. The number of aromatic amines is 1.